The summed E-state index contributed by atoms with van der Waals surface area (Å²) < 4.78 is 29.1. The molecule has 1 atom stereocenters. The van der Waals surface area contributed by atoms with Crippen molar-refractivity contribution in [1.82, 2.24) is 9.78 Å². The fourth-order valence-corrected chi connectivity index (χ4v) is 4.63. The minimum absolute atomic E-state index is 0.0160. The summed E-state index contributed by atoms with van der Waals surface area (Å²) in [7, 11) is 0. The van der Waals surface area contributed by atoms with E-state index in [-0.39, 0.29) is 35.7 Å². The van der Waals surface area contributed by atoms with Gasteiger partial charge in [-0.1, -0.05) is 32.0 Å². The van der Waals surface area contributed by atoms with Crippen LogP contribution in [0.5, 0.6) is 0 Å². The van der Waals surface area contributed by atoms with Gasteiger partial charge >= 0.3 is 0 Å². The number of halogens is 2. The van der Waals surface area contributed by atoms with Gasteiger partial charge in [0.1, 0.15) is 22.7 Å². The molecule has 1 aromatic heterocycles. The van der Waals surface area contributed by atoms with Crippen molar-refractivity contribution in [3.05, 3.63) is 71.4 Å². The topological polar surface area (TPSA) is 67.2 Å². The Morgan fingerprint density at radius 1 is 1.10 bits per heavy atom. The van der Waals surface area contributed by atoms with E-state index < -0.39 is 17.0 Å². The summed E-state index contributed by atoms with van der Waals surface area (Å²) in [5.41, 5.74) is 0.744. The molecule has 0 aliphatic carbocycles. The highest BCUT2D eigenvalue weighted by atomic mass is 19.1. The maximum atomic E-state index is 14.5. The minimum Gasteiger partial charge on any atom is -0.311 e. The molecule has 2 aromatic carbocycles. The number of amides is 2. The number of nitrogens with zero attached hydrogens (tertiary/aromatic N) is 3. The van der Waals surface area contributed by atoms with Gasteiger partial charge in [0.05, 0.1) is 6.20 Å². The van der Waals surface area contributed by atoms with Crippen LogP contribution >= 0.6 is 0 Å². The van der Waals surface area contributed by atoms with Crippen LogP contribution in [-0.4, -0.2) is 28.1 Å². The molecule has 0 saturated carbocycles. The molecule has 2 aliphatic rings. The smallest absolute Gasteiger partial charge is 0.242 e. The molecule has 0 fully saturated rings. The van der Waals surface area contributed by atoms with E-state index in [0.717, 1.165) is 23.4 Å². The first-order valence-electron chi connectivity index (χ1n) is 10.1. The molecule has 1 spiro atoms. The average Bonchev–Trinajstić information content (AvgIpc) is 3.22. The van der Waals surface area contributed by atoms with Gasteiger partial charge in [0.25, 0.3) is 0 Å². The molecule has 8 heteroatoms. The fourth-order valence-electron chi connectivity index (χ4n) is 4.63. The molecule has 6 nitrogen and oxygen atoms in total. The predicted octanol–water partition coefficient (Wildman–Crippen LogP) is 3.78. The van der Waals surface area contributed by atoms with Crippen molar-refractivity contribution >= 4 is 23.3 Å². The molecular weight excluding hydrogens is 402 g/mol. The molecule has 31 heavy (non-hydrogen) atoms. The van der Waals surface area contributed by atoms with Crippen molar-refractivity contribution in [2.24, 2.45) is 5.92 Å². The van der Waals surface area contributed by atoms with E-state index >= 15 is 0 Å². The highest BCUT2D eigenvalue weighted by Crippen LogP contribution is 2.52. The molecule has 0 saturated heterocycles. The number of carbonyl (C=O) groups excluding carboxylic acids is 2. The first-order valence-corrected chi connectivity index (χ1v) is 10.1. The highest BCUT2D eigenvalue weighted by Gasteiger charge is 2.57. The summed E-state index contributed by atoms with van der Waals surface area (Å²) in [4.78, 5) is 28.4. The number of hydrogen-bond donors (Lipinski definition) is 1. The number of para-hydroxylation sites is 1. The Kier molecular flexibility index (Phi) is 4.22. The molecular formula is C23H20F2N4O2. The Bertz CT molecular complexity index is 1240. The number of carbonyl (C=O) groups is 2. The number of anilines is 2. The normalized spacial score (nSPS) is 19.7. The lowest BCUT2D eigenvalue weighted by atomic mass is 9.72. The summed E-state index contributed by atoms with van der Waals surface area (Å²) in [5.74, 6) is -1.66. The number of nitrogens with one attached hydrogen (secondary N) is 1. The Morgan fingerprint density at radius 2 is 1.87 bits per heavy atom. The third kappa shape index (κ3) is 2.71. The SMILES string of the molecule is CC(C)CN1C(=O)C2(CC(=O)Nc3c2cnn3-c2ccc(F)cc2F)c2ccccc21. The molecule has 5 rings (SSSR count). The number of aromatic nitrogens is 2. The Labute approximate surface area is 177 Å². The second-order valence-electron chi connectivity index (χ2n) is 8.37. The van der Waals surface area contributed by atoms with Crippen molar-refractivity contribution in [3.8, 4) is 5.69 Å². The van der Waals surface area contributed by atoms with Gasteiger partial charge in [0, 0.05) is 30.3 Å². The fraction of sp³-hybridized carbons (Fsp3) is 0.261. The van der Waals surface area contributed by atoms with Gasteiger partial charge in [-0.15, -0.1) is 0 Å². The second-order valence-corrected chi connectivity index (χ2v) is 8.37. The second kappa shape index (κ2) is 6.73. The van der Waals surface area contributed by atoms with Crippen LogP contribution in [0.4, 0.5) is 20.3 Å². The van der Waals surface area contributed by atoms with E-state index in [9.17, 15) is 18.4 Å². The largest absolute Gasteiger partial charge is 0.311 e. The van der Waals surface area contributed by atoms with Crippen molar-refractivity contribution in [3.63, 3.8) is 0 Å². The summed E-state index contributed by atoms with van der Waals surface area (Å²) in [6.07, 6.45) is 1.42. The van der Waals surface area contributed by atoms with Gasteiger partial charge < -0.3 is 10.2 Å². The van der Waals surface area contributed by atoms with Crippen LogP contribution in [0.2, 0.25) is 0 Å². The minimum atomic E-state index is -1.24. The molecule has 2 amide bonds. The van der Waals surface area contributed by atoms with E-state index in [1.165, 1.54) is 16.9 Å². The van der Waals surface area contributed by atoms with E-state index in [1.807, 2.05) is 38.1 Å². The summed E-state index contributed by atoms with van der Waals surface area (Å²) in [5, 5.41) is 7.01. The third-order valence-corrected chi connectivity index (χ3v) is 5.86. The van der Waals surface area contributed by atoms with Gasteiger partial charge in [-0.25, -0.2) is 13.5 Å². The van der Waals surface area contributed by atoms with Crippen molar-refractivity contribution < 1.29 is 18.4 Å². The Hall–Kier alpha value is -3.55. The molecule has 158 valence electrons. The zero-order chi connectivity index (χ0) is 21.9. The van der Waals surface area contributed by atoms with Crippen LogP contribution in [0.3, 0.4) is 0 Å². The van der Waals surface area contributed by atoms with E-state index in [1.54, 1.807) is 4.90 Å². The number of benzene rings is 2. The lowest BCUT2D eigenvalue weighted by Gasteiger charge is -2.32. The van der Waals surface area contributed by atoms with Crippen LogP contribution in [0, 0.1) is 17.6 Å². The molecule has 1 N–H and O–H groups in total. The van der Waals surface area contributed by atoms with Gasteiger partial charge in [0.15, 0.2) is 5.82 Å². The zero-order valence-electron chi connectivity index (χ0n) is 17.0. The van der Waals surface area contributed by atoms with Crippen molar-refractivity contribution in [2.45, 2.75) is 25.7 Å². The maximum absolute atomic E-state index is 14.5. The van der Waals surface area contributed by atoms with Crippen LogP contribution in [-0.2, 0) is 15.0 Å². The number of rotatable bonds is 3. The standard InChI is InChI=1S/C23H20F2N4O2/c1-13(2)12-28-18-6-4-3-5-15(18)23(22(28)31)10-20(30)27-21-16(23)11-26-29(21)19-8-7-14(24)9-17(19)25/h3-9,11,13H,10,12H2,1-2H3,(H,27,30). The Morgan fingerprint density at radius 3 is 2.61 bits per heavy atom. The molecule has 1 unspecified atom stereocenters. The van der Waals surface area contributed by atoms with E-state index in [2.05, 4.69) is 10.4 Å². The zero-order valence-corrected chi connectivity index (χ0v) is 17.0. The number of hydrogen-bond acceptors (Lipinski definition) is 3. The lowest BCUT2D eigenvalue weighted by molar-refractivity contribution is -0.126. The quantitative estimate of drug-likeness (QED) is 0.699. The lowest BCUT2D eigenvalue weighted by Crippen LogP contribution is -2.47. The van der Waals surface area contributed by atoms with Crippen molar-refractivity contribution in [1.29, 1.82) is 0 Å². The van der Waals surface area contributed by atoms with Crippen LogP contribution in [0.15, 0.2) is 48.7 Å². The molecule has 3 heterocycles. The first kappa shape index (κ1) is 19.4. The third-order valence-electron chi connectivity index (χ3n) is 5.86. The summed E-state index contributed by atoms with van der Waals surface area (Å²) in [6, 6.07) is 10.5. The van der Waals surface area contributed by atoms with E-state index in [0.29, 0.717) is 12.1 Å². The average molecular weight is 422 g/mol. The van der Waals surface area contributed by atoms with Gasteiger partial charge in [-0.2, -0.15) is 5.10 Å². The highest BCUT2D eigenvalue weighted by molar-refractivity contribution is 6.15. The van der Waals surface area contributed by atoms with Crippen molar-refractivity contribution in [2.75, 3.05) is 16.8 Å². The monoisotopic (exact) mass is 422 g/mol. The molecule has 0 radical (unpaired) electrons. The molecule has 3 aromatic rings. The van der Waals surface area contributed by atoms with Crippen LogP contribution in [0.25, 0.3) is 5.69 Å². The van der Waals surface area contributed by atoms with Crippen LogP contribution in [0.1, 0.15) is 31.4 Å². The molecule has 0 bridgehead atoms. The summed E-state index contributed by atoms with van der Waals surface area (Å²) >= 11 is 0. The first-order chi connectivity index (χ1) is 14.8. The van der Waals surface area contributed by atoms with E-state index in [4.69, 9.17) is 0 Å². The number of fused-ring (bicyclic) bond motifs is 4. The van der Waals surface area contributed by atoms with Gasteiger partial charge in [-0.05, 0) is 29.7 Å². The van der Waals surface area contributed by atoms with Crippen LogP contribution < -0.4 is 10.2 Å². The predicted molar refractivity (Wildman–Crippen MR) is 111 cm³/mol. The molecule has 2 aliphatic heterocycles. The van der Waals surface area contributed by atoms with Gasteiger partial charge in [0.2, 0.25) is 11.8 Å². The summed E-state index contributed by atoms with van der Waals surface area (Å²) in [6.45, 7) is 4.56. The maximum Gasteiger partial charge on any atom is 0.242 e. The van der Waals surface area contributed by atoms with Gasteiger partial charge in [-0.3, -0.25) is 9.59 Å². The Balaban J connectivity index is 1.74.